The van der Waals surface area contributed by atoms with Crippen molar-refractivity contribution >= 4 is 57.2 Å². The average Bonchev–Trinajstić information content (AvgIpc) is 2.90. The molecule has 0 radical (unpaired) electrons. The molecule has 0 bridgehead atoms. The summed E-state index contributed by atoms with van der Waals surface area (Å²) in [6.07, 6.45) is 1.87. The van der Waals surface area contributed by atoms with Crippen LogP contribution in [-0.4, -0.2) is 18.2 Å². The summed E-state index contributed by atoms with van der Waals surface area (Å²) in [5.41, 5.74) is 1.76. The largest absolute Gasteiger partial charge is 0.497 e. The molecule has 4 nitrogen and oxygen atoms in total. The maximum absolute atomic E-state index is 12.0. The first-order chi connectivity index (χ1) is 11.1. The van der Waals surface area contributed by atoms with E-state index in [1.807, 2.05) is 54.6 Å². The minimum atomic E-state index is -0.124. The van der Waals surface area contributed by atoms with Crippen molar-refractivity contribution in [3.63, 3.8) is 0 Å². The van der Waals surface area contributed by atoms with E-state index in [1.165, 1.54) is 11.8 Å². The number of amidine groups is 1. The highest BCUT2D eigenvalue weighted by atomic mass is 127. The number of rotatable bonds is 3. The van der Waals surface area contributed by atoms with Crippen molar-refractivity contribution < 1.29 is 9.53 Å². The SMILES string of the molecule is COc1ccc(N=C2NC(=O)/C(=C\c3ccc(I)cc3)S2)cc1. The second-order valence-electron chi connectivity index (χ2n) is 4.73. The van der Waals surface area contributed by atoms with E-state index in [9.17, 15) is 4.79 Å². The van der Waals surface area contributed by atoms with E-state index >= 15 is 0 Å². The standard InChI is InChI=1S/C17H13IN2O2S/c1-22-14-8-6-13(7-9-14)19-17-20-16(21)15(23-17)10-11-2-4-12(18)5-3-11/h2-10H,1H3,(H,19,20,21)/b15-10+. The number of methoxy groups -OCH3 is 1. The summed E-state index contributed by atoms with van der Waals surface area (Å²) < 4.78 is 6.28. The molecule has 1 amide bonds. The molecular weight excluding hydrogens is 423 g/mol. The molecule has 1 N–H and O–H groups in total. The van der Waals surface area contributed by atoms with Crippen LogP contribution < -0.4 is 10.1 Å². The first kappa shape index (κ1) is 16.1. The highest BCUT2D eigenvalue weighted by molar-refractivity contribution is 14.1. The van der Waals surface area contributed by atoms with Crippen LogP contribution in [-0.2, 0) is 4.79 Å². The summed E-state index contributed by atoms with van der Waals surface area (Å²) in [4.78, 5) is 17.1. The molecule has 1 heterocycles. The van der Waals surface area contributed by atoms with Gasteiger partial charge in [-0.2, -0.15) is 0 Å². The van der Waals surface area contributed by atoms with Gasteiger partial charge in [0.2, 0.25) is 0 Å². The quantitative estimate of drug-likeness (QED) is 0.580. The molecular formula is C17H13IN2O2S. The number of hydrogen-bond acceptors (Lipinski definition) is 4. The molecule has 1 aliphatic heterocycles. The normalized spacial score (nSPS) is 17.6. The molecule has 1 aliphatic rings. The summed E-state index contributed by atoms with van der Waals surface area (Å²) in [5, 5.41) is 3.37. The van der Waals surface area contributed by atoms with E-state index in [1.54, 1.807) is 7.11 Å². The van der Waals surface area contributed by atoms with Gasteiger partial charge >= 0.3 is 0 Å². The van der Waals surface area contributed by atoms with Gasteiger partial charge in [0, 0.05) is 3.57 Å². The van der Waals surface area contributed by atoms with Gasteiger partial charge in [0.15, 0.2) is 5.17 Å². The van der Waals surface area contributed by atoms with Gasteiger partial charge in [0.1, 0.15) is 5.75 Å². The van der Waals surface area contributed by atoms with E-state index in [0.717, 1.165) is 20.6 Å². The molecule has 0 atom stereocenters. The maximum atomic E-state index is 12.0. The van der Waals surface area contributed by atoms with Gasteiger partial charge < -0.3 is 10.1 Å². The van der Waals surface area contributed by atoms with Gasteiger partial charge in [-0.25, -0.2) is 4.99 Å². The molecule has 6 heteroatoms. The van der Waals surface area contributed by atoms with Crippen LogP contribution in [0.25, 0.3) is 6.08 Å². The van der Waals surface area contributed by atoms with Gasteiger partial charge in [-0.15, -0.1) is 0 Å². The number of carbonyl (C=O) groups is 1. The lowest BCUT2D eigenvalue weighted by molar-refractivity contribution is -0.115. The molecule has 0 aliphatic carbocycles. The van der Waals surface area contributed by atoms with Crippen molar-refractivity contribution in [2.45, 2.75) is 0 Å². The Morgan fingerprint density at radius 2 is 1.83 bits per heavy atom. The van der Waals surface area contributed by atoms with Crippen LogP contribution >= 0.6 is 34.4 Å². The van der Waals surface area contributed by atoms with Crippen molar-refractivity contribution in [1.82, 2.24) is 5.32 Å². The lowest BCUT2D eigenvalue weighted by Crippen LogP contribution is -2.19. The number of amides is 1. The number of halogens is 1. The van der Waals surface area contributed by atoms with Crippen molar-refractivity contribution in [3.8, 4) is 5.75 Å². The zero-order valence-electron chi connectivity index (χ0n) is 12.2. The van der Waals surface area contributed by atoms with Gasteiger partial charge in [-0.1, -0.05) is 12.1 Å². The highest BCUT2D eigenvalue weighted by Crippen LogP contribution is 2.28. The van der Waals surface area contributed by atoms with Crippen LogP contribution in [0.2, 0.25) is 0 Å². The lowest BCUT2D eigenvalue weighted by atomic mass is 10.2. The molecule has 1 fully saturated rings. The molecule has 2 aromatic rings. The number of ether oxygens (including phenoxy) is 1. The molecule has 116 valence electrons. The van der Waals surface area contributed by atoms with Crippen molar-refractivity contribution in [1.29, 1.82) is 0 Å². The number of hydrogen-bond donors (Lipinski definition) is 1. The minimum Gasteiger partial charge on any atom is -0.497 e. The number of aliphatic imine (C=N–C) groups is 1. The molecule has 0 aromatic heterocycles. The maximum Gasteiger partial charge on any atom is 0.264 e. The third kappa shape index (κ3) is 4.14. The van der Waals surface area contributed by atoms with Crippen LogP contribution in [0.1, 0.15) is 5.56 Å². The Labute approximate surface area is 152 Å². The third-order valence-corrected chi connectivity index (χ3v) is 4.75. The molecule has 3 rings (SSSR count). The number of nitrogens with zero attached hydrogens (tertiary/aromatic N) is 1. The fourth-order valence-corrected chi connectivity index (χ4v) is 3.17. The van der Waals surface area contributed by atoms with Crippen molar-refractivity contribution in [2.24, 2.45) is 4.99 Å². The zero-order chi connectivity index (χ0) is 16.2. The summed E-state index contributed by atoms with van der Waals surface area (Å²) in [6.45, 7) is 0. The summed E-state index contributed by atoms with van der Waals surface area (Å²) in [7, 11) is 1.62. The fourth-order valence-electron chi connectivity index (χ4n) is 1.96. The molecule has 0 spiro atoms. The number of carbonyl (C=O) groups excluding carboxylic acids is 1. The van der Waals surface area contributed by atoms with E-state index in [4.69, 9.17) is 4.74 Å². The van der Waals surface area contributed by atoms with Crippen LogP contribution in [0.3, 0.4) is 0 Å². The zero-order valence-corrected chi connectivity index (χ0v) is 15.2. The van der Waals surface area contributed by atoms with E-state index < -0.39 is 0 Å². The van der Waals surface area contributed by atoms with Crippen LogP contribution in [0, 0.1) is 3.57 Å². The van der Waals surface area contributed by atoms with Crippen LogP contribution in [0.4, 0.5) is 5.69 Å². The van der Waals surface area contributed by atoms with Gasteiger partial charge in [0.05, 0.1) is 17.7 Å². The first-order valence-corrected chi connectivity index (χ1v) is 8.73. The highest BCUT2D eigenvalue weighted by Gasteiger charge is 2.23. The first-order valence-electron chi connectivity index (χ1n) is 6.83. The third-order valence-electron chi connectivity index (χ3n) is 3.12. The predicted molar refractivity (Wildman–Crippen MR) is 103 cm³/mol. The molecule has 23 heavy (non-hydrogen) atoms. The monoisotopic (exact) mass is 436 g/mol. The summed E-state index contributed by atoms with van der Waals surface area (Å²) in [6, 6.07) is 15.4. The van der Waals surface area contributed by atoms with E-state index in [2.05, 4.69) is 32.9 Å². The topological polar surface area (TPSA) is 50.7 Å². The Kier molecular flexibility index (Phi) is 5.02. The van der Waals surface area contributed by atoms with Crippen molar-refractivity contribution in [3.05, 3.63) is 62.6 Å². The fraction of sp³-hybridized carbons (Fsp3) is 0.0588. The number of thioether (sulfide) groups is 1. The molecule has 0 unspecified atom stereocenters. The average molecular weight is 436 g/mol. The minimum absolute atomic E-state index is 0.124. The van der Waals surface area contributed by atoms with Crippen LogP contribution in [0.15, 0.2) is 58.4 Å². The second-order valence-corrected chi connectivity index (χ2v) is 7.01. The predicted octanol–water partition coefficient (Wildman–Crippen LogP) is 4.19. The molecule has 2 aromatic carbocycles. The number of nitrogens with one attached hydrogen (secondary N) is 1. The lowest BCUT2D eigenvalue weighted by Gasteiger charge is -1.99. The van der Waals surface area contributed by atoms with Crippen molar-refractivity contribution in [2.75, 3.05) is 7.11 Å². The van der Waals surface area contributed by atoms with Gasteiger partial charge in [-0.05, 0) is 82.4 Å². The Morgan fingerprint density at radius 1 is 1.13 bits per heavy atom. The van der Waals surface area contributed by atoms with Gasteiger partial charge in [0.25, 0.3) is 5.91 Å². The Morgan fingerprint density at radius 3 is 2.48 bits per heavy atom. The number of benzene rings is 2. The molecule has 1 saturated heterocycles. The summed E-state index contributed by atoms with van der Waals surface area (Å²) in [5.74, 6) is 0.650. The summed E-state index contributed by atoms with van der Waals surface area (Å²) >= 11 is 3.59. The Balaban J connectivity index is 1.78. The Bertz CT molecular complexity index is 783. The van der Waals surface area contributed by atoms with Gasteiger partial charge in [-0.3, -0.25) is 4.79 Å². The van der Waals surface area contributed by atoms with Crippen LogP contribution in [0.5, 0.6) is 5.75 Å². The Hall–Kier alpha value is -1.80. The smallest absolute Gasteiger partial charge is 0.264 e. The molecule has 0 saturated carbocycles. The second kappa shape index (κ2) is 7.18. The van der Waals surface area contributed by atoms with E-state index in [0.29, 0.717) is 10.1 Å². The van der Waals surface area contributed by atoms with E-state index in [-0.39, 0.29) is 5.91 Å².